The highest BCUT2D eigenvalue weighted by Crippen LogP contribution is 2.38. The third-order valence-corrected chi connectivity index (χ3v) is 6.14. The van der Waals surface area contributed by atoms with E-state index in [0.717, 1.165) is 0 Å². The van der Waals surface area contributed by atoms with E-state index in [1.807, 2.05) is 62.3 Å². The second-order valence-corrected chi connectivity index (χ2v) is 11.7. The van der Waals surface area contributed by atoms with Gasteiger partial charge in [0, 0.05) is 11.1 Å². The molecule has 31 heavy (non-hydrogen) atoms. The summed E-state index contributed by atoms with van der Waals surface area (Å²) in [5, 5.41) is 15.8. The minimum atomic E-state index is -0.309. The van der Waals surface area contributed by atoms with Crippen molar-refractivity contribution in [2.24, 2.45) is 0 Å². The number of hydrogen-bond donors (Lipinski definition) is 1. The quantitative estimate of drug-likeness (QED) is 0.598. The molecule has 1 rings (SSSR count). The SMILES string of the molecule is CC(C)(C)NC(=O)c1cc(C(C)(C)C)c([O-])c(C(C)(C)C)c1.CC[N+](CC)(CC)CC. The molecule has 0 heterocycles. The summed E-state index contributed by atoms with van der Waals surface area (Å²) in [6, 6.07) is 3.50. The fourth-order valence-corrected chi connectivity index (χ4v) is 3.63. The van der Waals surface area contributed by atoms with Gasteiger partial charge in [0.25, 0.3) is 5.91 Å². The summed E-state index contributed by atoms with van der Waals surface area (Å²) < 4.78 is 1.28. The molecule has 180 valence electrons. The average molecular weight is 435 g/mol. The predicted molar refractivity (Wildman–Crippen MR) is 133 cm³/mol. The normalized spacial score (nSPS) is 12.8. The first kappa shape index (κ1) is 29.5. The Hall–Kier alpha value is -1.55. The molecule has 1 aromatic rings. The van der Waals surface area contributed by atoms with Crippen LogP contribution in [-0.4, -0.2) is 42.1 Å². The van der Waals surface area contributed by atoms with E-state index in [2.05, 4.69) is 33.0 Å². The number of carbonyl (C=O) groups excluding carboxylic acids is 1. The number of amides is 1. The molecular weight excluding hydrogens is 384 g/mol. The van der Waals surface area contributed by atoms with E-state index in [1.165, 1.54) is 30.7 Å². The molecule has 0 aliphatic rings. The van der Waals surface area contributed by atoms with Crippen LogP contribution < -0.4 is 10.4 Å². The first-order valence-electron chi connectivity index (χ1n) is 11.9. The van der Waals surface area contributed by atoms with Crippen molar-refractivity contribution in [1.82, 2.24) is 5.32 Å². The molecule has 1 N–H and O–H groups in total. The highest BCUT2D eigenvalue weighted by Gasteiger charge is 2.25. The summed E-state index contributed by atoms with van der Waals surface area (Å²) in [7, 11) is 0. The lowest BCUT2D eigenvalue weighted by atomic mass is 9.78. The molecule has 0 aliphatic heterocycles. The highest BCUT2D eigenvalue weighted by molar-refractivity contribution is 5.95. The predicted octanol–water partition coefficient (Wildman–Crippen LogP) is 5.77. The molecule has 0 fully saturated rings. The van der Waals surface area contributed by atoms with Gasteiger partial charge in [-0.05, 0) is 82.6 Å². The Kier molecular flexibility index (Phi) is 10.3. The third-order valence-electron chi connectivity index (χ3n) is 6.14. The van der Waals surface area contributed by atoms with Crippen molar-refractivity contribution in [2.75, 3.05) is 26.2 Å². The van der Waals surface area contributed by atoms with Gasteiger partial charge in [0.2, 0.25) is 0 Å². The molecule has 0 atom stereocenters. The van der Waals surface area contributed by atoms with Crippen LogP contribution in [0.3, 0.4) is 0 Å². The lowest BCUT2D eigenvalue weighted by molar-refractivity contribution is -0.921. The number of nitrogens with one attached hydrogen (secondary N) is 1. The molecule has 0 saturated heterocycles. The van der Waals surface area contributed by atoms with Gasteiger partial charge >= 0.3 is 0 Å². The molecule has 0 unspecified atom stereocenters. The summed E-state index contributed by atoms with van der Waals surface area (Å²) in [4.78, 5) is 12.5. The van der Waals surface area contributed by atoms with Crippen molar-refractivity contribution in [3.63, 3.8) is 0 Å². The van der Waals surface area contributed by atoms with Gasteiger partial charge in [0.1, 0.15) is 0 Å². The van der Waals surface area contributed by atoms with Crippen LogP contribution in [0.5, 0.6) is 5.75 Å². The van der Waals surface area contributed by atoms with Crippen molar-refractivity contribution in [3.05, 3.63) is 28.8 Å². The Labute approximate surface area is 193 Å². The number of rotatable bonds is 5. The van der Waals surface area contributed by atoms with Gasteiger partial charge in [-0.15, -0.1) is 5.75 Å². The Morgan fingerprint density at radius 1 is 0.774 bits per heavy atom. The van der Waals surface area contributed by atoms with Crippen LogP contribution in [0.1, 0.15) is 111 Å². The van der Waals surface area contributed by atoms with Crippen LogP contribution in [0, 0.1) is 0 Å². The summed E-state index contributed by atoms with van der Waals surface area (Å²) >= 11 is 0. The van der Waals surface area contributed by atoms with Crippen LogP contribution >= 0.6 is 0 Å². The van der Waals surface area contributed by atoms with Gasteiger partial charge in [-0.1, -0.05) is 41.5 Å². The van der Waals surface area contributed by atoms with E-state index in [-0.39, 0.29) is 28.0 Å². The van der Waals surface area contributed by atoms with Gasteiger partial charge in [-0.25, -0.2) is 0 Å². The summed E-state index contributed by atoms with van der Waals surface area (Å²) in [6.45, 7) is 32.1. The van der Waals surface area contributed by atoms with E-state index in [0.29, 0.717) is 16.7 Å². The third kappa shape index (κ3) is 8.84. The van der Waals surface area contributed by atoms with E-state index in [1.54, 1.807) is 12.1 Å². The fourth-order valence-electron chi connectivity index (χ4n) is 3.63. The topological polar surface area (TPSA) is 52.2 Å². The van der Waals surface area contributed by atoms with Crippen molar-refractivity contribution < 1.29 is 14.4 Å². The van der Waals surface area contributed by atoms with E-state index in [9.17, 15) is 9.90 Å². The zero-order valence-electron chi connectivity index (χ0n) is 22.7. The molecule has 0 saturated carbocycles. The van der Waals surface area contributed by atoms with Crippen LogP contribution in [0.25, 0.3) is 0 Å². The van der Waals surface area contributed by atoms with Gasteiger partial charge < -0.3 is 14.9 Å². The van der Waals surface area contributed by atoms with Crippen molar-refractivity contribution in [2.45, 2.75) is 106 Å². The molecular formula is C27H50N2O2. The number of carbonyl (C=O) groups is 1. The molecule has 4 nitrogen and oxygen atoms in total. The first-order valence-corrected chi connectivity index (χ1v) is 11.9. The minimum absolute atomic E-state index is 0.0484. The monoisotopic (exact) mass is 434 g/mol. The van der Waals surface area contributed by atoms with Crippen molar-refractivity contribution in [3.8, 4) is 5.75 Å². The van der Waals surface area contributed by atoms with E-state index in [4.69, 9.17) is 0 Å². The number of hydrogen-bond acceptors (Lipinski definition) is 2. The summed E-state index contributed by atoms with van der Waals surface area (Å²) in [6.07, 6.45) is 0. The zero-order valence-corrected chi connectivity index (χ0v) is 22.7. The molecule has 0 aromatic heterocycles. The Morgan fingerprint density at radius 2 is 1.10 bits per heavy atom. The lowest BCUT2D eigenvalue weighted by Gasteiger charge is -2.34. The van der Waals surface area contributed by atoms with E-state index >= 15 is 0 Å². The standard InChI is InChI=1S/C19H31NO2.C8H20N/c1-17(2,3)13-10-12(16(22)20-19(7,8)9)11-14(15(13)21)18(4,5)6;1-5-9(6-2,7-3)8-4/h10-11,21H,1-9H3,(H,20,22);5-8H2,1-4H3/q;+1/p-1. The number of nitrogens with zero attached hydrogens (tertiary/aromatic N) is 1. The Morgan fingerprint density at radius 3 is 1.29 bits per heavy atom. The van der Waals surface area contributed by atoms with Gasteiger partial charge in [-0.2, -0.15) is 0 Å². The van der Waals surface area contributed by atoms with Crippen LogP contribution in [0.2, 0.25) is 0 Å². The van der Waals surface area contributed by atoms with Gasteiger partial charge in [0.05, 0.1) is 26.2 Å². The minimum Gasteiger partial charge on any atom is -0.872 e. The second kappa shape index (κ2) is 10.8. The molecule has 0 radical (unpaired) electrons. The Bertz CT molecular complexity index is 660. The fraction of sp³-hybridized carbons (Fsp3) is 0.741. The molecule has 4 heteroatoms. The number of benzene rings is 1. The molecule has 1 amide bonds. The van der Waals surface area contributed by atoms with Gasteiger partial charge in [-0.3, -0.25) is 4.79 Å². The van der Waals surface area contributed by atoms with Crippen LogP contribution in [0.15, 0.2) is 12.1 Å². The maximum absolute atomic E-state index is 12.8. The molecule has 1 aromatic carbocycles. The van der Waals surface area contributed by atoms with Crippen LogP contribution in [0.4, 0.5) is 0 Å². The molecule has 0 aliphatic carbocycles. The maximum atomic E-state index is 12.8. The largest absolute Gasteiger partial charge is 0.872 e. The highest BCUT2D eigenvalue weighted by atomic mass is 16.3. The first-order chi connectivity index (χ1) is 13.9. The number of quaternary nitrogens is 1. The summed E-state index contributed by atoms with van der Waals surface area (Å²) in [5.41, 5.74) is 1.05. The van der Waals surface area contributed by atoms with Crippen molar-refractivity contribution in [1.29, 1.82) is 0 Å². The van der Waals surface area contributed by atoms with E-state index < -0.39 is 0 Å². The smallest absolute Gasteiger partial charge is 0.251 e. The Balaban J connectivity index is 0.000000842. The zero-order chi connectivity index (χ0) is 24.8. The molecule has 0 bridgehead atoms. The molecule has 0 spiro atoms. The summed E-state index contributed by atoms with van der Waals surface area (Å²) in [5.74, 6) is -0.0872. The van der Waals surface area contributed by atoms with Gasteiger partial charge in [0.15, 0.2) is 0 Å². The second-order valence-electron chi connectivity index (χ2n) is 11.7. The van der Waals surface area contributed by atoms with Crippen molar-refractivity contribution >= 4 is 5.91 Å². The van der Waals surface area contributed by atoms with Crippen LogP contribution in [-0.2, 0) is 10.8 Å². The average Bonchev–Trinajstić information content (AvgIpc) is 2.61. The lowest BCUT2D eigenvalue weighted by Crippen LogP contribution is -2.47. The maximum Gasteiger partial charge on any atom is 0.251 e.